The highest BCUT2D eigenvalue weighted by Crippen LogP contribution is 2.05. The molecule has 1 heterocycles. The number of guanidine groups is 1. The number of hydrogen-bond acceptors (Lipinski definition) is 4. The third kappa shape index (κ3) is 9.69. The lowest BCUT2D eigenvalue weighted by Gasteiger charge is -2.34. The van der Waals surface area contributed by atoms with Crippen LogP contribution < -0.4 is 10.6 Å². The van der Waals surface area contributed by atoms with Crippen LogP contribution in [0.15, 0.2) is 4.99 Å². The van der Waals surface area contributed by atoms with Crippen LogP contribution in [0.2, 0.25) is 0 Å². The molecule has 0 radical (unpaired) electrons. The van der Waals surface area contributed by atoms with Crippen LogP contribution in [0, 0.1) is 5.92 Å². The lowest BCUT2D eigenvalue weighted by molar-refractivity contribution is 0.0268. The molecule has 0 aromatic rings. The SMILES string of the molecule is CN=C(NCC(C)CN1CCN(C)CC1)NCC(C)(C)OC.I. The molecule has 7 heteroatoms. The summed E-state index contributed by atoms with van der Waals surface area (Å²) in [5.41, 5.74) is -0.191. The summed E-state index contributed by atoms with van der Waals surface area (Å²) in [4.78, 5) is 9.22. The van der Waals surface area contributed by atoms with Gasteiger partial charge in [-0.2, -0.15) is 0 Å². The van der Waals surface area contributed by atoms with Crippen LogP contribution in [-0.2, 0) is 4.74 Å². The molecule has 1 atom stereocenters. The van der Waals surface area contributed by atoms with E-state index in [1.807, 2.05) is 0 Å². The van der Waals surface area contributed by atoms with Crippen molar-refractivity contribution in [3.8, 4) is 0 Å². The van der Waals surface area contributed by atoms with Gasteiger partial charge in [-0.25, -0.2) is 0 Å². The van der Waals surface area contributed by atoms with Gasteiger partial charge in [-0.05, 0) is 26.8 Å². The Morgan fingerprint density at radius 3 is 2.35 bits per heavy atom. The Hall–Kier alpha value is -0.120. The highest BCUT2D eigenvalue weighted by atomic mass is 127. The number of methoxy groups -OCH3 is 1. The predicted octanol–water partition coefficient (Wildman–Crippen LogP) is 1.08. The summed E-state index contributed by atoms with van der Waals surface area (Å²) in [5, 5.41) is 6.73. The summed E-state index contributed by atoms with van der Waals surface area (Å²) < 4.78 is 5.41. The smallest absolute Gasteiger partial charge is 0.191 e. The number of nitrogens with zero attached hydrogens (tertiary/aromatic N) is 3. The summed E-state index contributed by atoms with van der Waals surface area (Å²) >= 11 is 0. The fourth-order valence-corrected chi connectivity index (χ4v) is 2.40. The zero-order valence-electron chi connectivity index (χ0n) is 15.7. The van der Waals surface area contributed by atoms with E-state index in [2.05, 4.69) is 53.2 Å². The van der Waals surface area contributed by atoms with E-state index in [1.165, 1.54) is 26.2 Å². The number of likely N-dealkylation sites (N-methyl/N-ethyl adjacent to an activating group) is 1. The van der Waals surface area contributed by atoms with Crippen LogP contribution in [-0.4, -0.2) is 88.4 Å². The Bertz CT molecular complexity index is 343. The highest BCUT2D eigenvalue weighted by Gasteiger charge is 2.18. The molecule has 0 saturated carbocycles. The van der Waals surface area contributed by atoms with Gasteiger partial charge in [0.15, 0.2) is 5.96 Å². The zero-order chi connectivity index (χ0) is 16.6. The molecule has 0 aliphatic carbocycles. The van der Waals surface area contributed by atoms with Crippen LogP contribution in [0.25, 0.3) is 0 Å². The number of piperazine rings is 1. The van der Waals surface area contributed by atoms with Crippen LogP contribution in [0.4, 0.5) is 0 Å². The number of ether oxygens (including phenoxy) is 1. The van der Waals surface area contributed by atoms with Gasteiger partial charge in [0, 0.05) is 60.0 Å². The van der Waals surface area contributed by atoms with E-state index in [-0.39, 0.29) is 29.6 Å². The Balaban J connectivity index is 0.00000484. The van der Waals surface area contributed by atoms with Crippen LogP contribution >= 0.6 is 24.0 Å². The van der Waals surface area contributed by atoms with E-state index in [0.29, 0.717) is 5.92 Å². The molecule has 0 aromatic heterocycles. The Morgan fingerprint density at radius 2 is 1.83 bits per heavy atom. The van der Waals surface area contributed by atoms with E-state index in [9.17, 15) is 0 Å². The first-order valence-electron chi connectivity index (χ1n) is 8.27. The fourth-order valence-electron chi connectivity index (χ4n) is 2.40. The summed E-state index contributed by atoms with van der Waals surface area (Å²) in [6.45, 7) is 13.9. The van der Waals surface area contributed by atoms with Gasteiger partial charge < -0.3 is 25.2 Å². The van der Waals surface area contributed by atoms with Gasteiger partial charge in [0.1, 0.15) is 0 Å². The summed E-state index contributed by atoms with van der Waals surface area (Å²) in [6.07, 6.45) is 0. The predicted molar refractivity (Wildman–Crippen MR) is 109 cm³/mol. The second kappa shape index (κ2) is 11.4. The summed E-state index contributed by atoms with van der Waals surface area (Å²) in [7, 11) is 5.73. The molecule has 138 valence electrons. The number of hydrogen-bond donors (Lipinski definition) is 2. The summed E-state index contributed by atoms with van der Waals surface area (Å²) in [5.74, 6) is 1.44. The second-order valence-corrected chi connectivity index (χ2v) is 6.98. The van der Waals surface area contributed by atoms with Gasteiger partial charge in [0.2, 0.25) is 0 Å². The van der Waals surface area contributed by atoms with Crippen molar-refractivity contribution in [3.05, 3.63) is 0 Å². The van der Waals surface area contributed by atoms with Crippen molar-refractivity contribution in [1.29, 1.82) is 0 Å². The topological polar surface area (TPSA) is 52.1 Å². The lowest BCUT2D eigenvalue weighted by atomic mass is 10.1. The Labute approximate surface area is 159 Å². The summed E-state index contributed by atoms with van der Waals surface area (Å²) in [6, 6.07) is 0. The van der Waals surface area contributed by atoms with Crippen molar-refractivity contribution < 1.29 is 4.74 Å². The third-order valence-corrected chi connectivity index (χ3v) is 4.24. The van der Waals surface area contributed by atoms with Gasteiger partial charge in [-0.1, -0.05) is 6.92 Å². The van der Waals surface area contributed by atoms with Crippen molar-refractivity contribution in [3.63, 3.8) is 0 Å². The molecule has 1 saturated heterocycles. The van der Waals surface area contributed by atoms with Crippen LogP contribution in [0.5, 0.6) is 0 Å². The zero-order valence-corrected chi connectivity index (χ0v) is 18.0. The lowest BCUT2D eigenvalue weighted by Crippen LogP contribution is -2.49. The molecule has 0 aromatic carbocycles. The molecule has 23 heavy (non-hydrogen) atoms. The number of aliphatic imine (C=N–C) groups is 1. The first kappa shape index (κ1) is 22.9. The first-order valence-corrected chi connectivity index (χ1v) is 8.27. The fraction of sp³-hybridized carbons (Fsp3) is 0.938. The van der Waals surface area contributed by atoms with Crippen LogP contribution in [0.1, 0.15) is 20.8 Å². The van der Waals surface area contributed by atoms with E-state index >= 15 is 0 Å². The second-order valence-electron chi connectivity index (χ2n) is 6.98. The van der Waals surface area contributed by atoms with Crippen molar-refractivity contribution in [1.82, 2.24) is 20.4 Å². The van der Waals surface area contributed by atoms with Crippen molar-refractivity contribution in [2.45, 2.75) is 26.4 Å². The minimum Gasteiger partial charge on any atom is -0.377 e. The molecule has 0 amide bonds. The monoisotopic (exact) mass is 441 g/mol. The van der Waals surface area contributed by atoms with Gasteiger partial charge in [0.05, 0.1) is 5.60 Å². The maximum absolute atomic E-state index is 5.41. The minimum atomic E-state index is -0.191. The molecule has 1 aliphatic rings. The van der Waals surface area contributed by atoms with Gasteiger partial charge >= 0.3 is 0 Å². The van der Waals surface area contributed by atoms with E-state index in [1.54, 1.807) is 14.2 Å². The molecular weight excluding hydrogens is 405 g/mol. The standard InChI is InChI=1S/C16H35N5O.HI/c1-14(12-21-9-7-20(5)8-10-21)11-18-15(17-4)19-13-16(2,3)22-6;/h14H,7-13H2,1-6H3,(H2,17,18,19);1H. The molecule has 1 rings (SSSR count). The number of nitrogens with one attached hydrogen (secondary N) is 2. The molecular formula is C16H36IN5O. The molecule has 0 bridgehead atoms. The molecule has 6 nitrogen and oxygen atoms in total. The number of halogens is 1. The third-order valence-electron chi connectivity index (χ3n) is 4.24. The average Bonchev–Trinajstić information content (AvgIpc) is 2.50. The molecule has 0 spiro atoms. The van der Waals surface area contributed by atoms with E-state index in [4.69, 9.17) is 4.74 Å². The Morgan fingerprint density at radius 1 is 1.22 bits per heavy atom. The molecule has 1 unspecified atom stereocenters. The van der Waals surface area contributed by atoms with E-state index < -0.39 is 0 Å². The molecule has 1 aliphatic heterocycles. The molecule has 1 fully saturated rings. The van der Waals surface area contributed by atoms with E-state index in [0.717, 1.165) is 25.6 Å². The maximum atomic E-state index is 5.41. The number of rotatable bonds is 7. The quantitative estimate of drug-likeness (QED) is 0.352. The van der Waals surface area contributed by atoms with Gasteiger partial charge in [0.25, 0.3) is 0 Å². The van der Waals surface area contributed by atoms with Crippen molar-refractivity contribution >= 4 is 29.9 Å². The average molecular weight is 441 g/mol. The first-order chi connectivity index (χ1) is 10.4. The normalized spacial score (nSPS) is 19.1. The van der Waals surface area contributed by atoms with Crippen molar-refractivity contribution in [2.24, 2.45) is 10.9 Å². The minimum absolute atomic E-state index is 0. The van der Waals surface area contributed by atoms with Gasteiger partial charge in [-0.15, -0.1) is 24.0 Å². The maximum Gasteiger partial charge on any atom is 0.191 e. The highest BCUT2D eigenvalue weighted by molar-refractivity contribution is 14.0. The Kier molecular flexibility index (Phi) is 11.4. The van der Waals surface area contributed by atoms with Crippen LogP contribution in [0.3, 0.4) is 0 Å². The largest absolute Gasteiger partial charge is 0.377 e. The molecule has 2 N–H and O–H groups in total. The van der Waals surface area contributed by atoms with Gasteiger partial charge in [-0.3, -0.25) is 4.99 Å². The van der Waals surface area contributed by atoms with Crippen molar-refractivity contribution in [2.75, 3.05) is 67.0 Å².